The average Bonchev–Trinajstić information content (AvgIpc) is 3.56. The summed E-state index contributed by atoms with van der Waals surface area (Å²) in [6.07, 6.45) is 2.70. The van der Waals surface area contributed by atoms with Gasteiger partial charge in [0.25, 0.3) is 0 Å². The van der Waals surface area contributed by atoms with Crippen molar-refractivity contribution in [2.24, 2.45) is 0 Å². The van der Waals surface area contributed by atoms with Crippen LogP contribution in [0.1, 0.15) is 79.6 Å². The van der Waals surface area contributed by atoms with E-state index in [-0.39, 0.29) is 37.0 Å². The molecule has 3 heterocycles. The van der Waals surface area contributed by atoms with Crippen LogP contribution < -0.4 is 21.0 Å². The zero-order valence-electron chi connectivity index (χ0n) is 31.6. The number of anilines is 1. The van der Waals surface area contributed by atoms with Crippen LogP contribution in [0.3, 0.4) is 0 Å². The van der Waals surface area contributed by atoms with Crippen LogP contribution in [0.15, 0.2) is 103 Å². The minimum atomic E-state index is -0.618. The summed E-state index contributed by atoms with van der Waals surface area (Å²) in [6.45, 7) is 3.12. The Labute approximate surface area is 327 Å². The van der Waals surface area contributed by atoms with Gasteiger partial charge in [-0.3, -0.25) is 19.6 Å². The van der Waals surface area contributed by atoms with Gasteiger partial charge < -0.3 is 35.0 Å². The number of benzene rings is 4. The molecule has 56 heavy (non-hydrogen) atoms. The Balaban J connectivity index is 1.03. The normalized spacial score (nSPS) is 20.8. The number of amides is 3. The van der Waals surface area contributed by atoms with E-state index in [9.17, 15) is 19.5 Å². The van der Waals surface area contributed by atoms with Gasteiger partial charge in [-0.1, -0.05) is 78.9 Å². The predicted molar refractivity (Wildman–Crippen MR) is 211 cm³/mol. The smallest absolute Gasteiger partial charge is 0.247 e. The van der Waals surface area contributed by atoms with Gasteiger partial charge in [0.2, 0.25) is 17.7 Å². The summed E-state index contributed by atoms with van der Waals surface area (Å²) in [5.74, 6) is -0.445. The molecular weight excluding hydrogens is 711 g/mol. The second-order valence-corrected chi connectivity index (χ2v) is 15.0. The number of ether oxygens (including phenoxy) is 2. The first-order chi connectivity index (χ1) is 27.3. The van der Waals surface area contributed by atoms with Gasteiger partial charge in [-0.05, 0) is 77.8 Å². The van der Waals surface area contributed by atoms with Crippen molar-refractivity contribution in [3.8, 4) is 11.1 Å². The van der Waals surface area contributed by atoms with Crippen molar-refractivity contribution < 1.29 is 34.2 Å². The number of aliphatic hydroxyl groups is 1. The zero-order valence-corrected chi connectivity index (χ0v) is 31.6. The van der Waals surface area contributed by atoms with E-state index in [1.54, 1.807) is 5.48 Å². The quantitative estimate of drug-likeness (QED) is 0.0637. The van der Waals surface area contributed by atoms with E-state index in [1.165, 1.54) is 0 Å². The van der Waals surface area contributed by atoms with Gasteiger partial charge in [-0.15, -0.1) is 0 Å². The number of likely N-dealkylation sites (tertiary alicyclic amines) is 1. The molecule has 12 heteroatoms. The molecule has 0 unspecified atom stereocenters. The number of aliphatic hydroxyl groups excluding tert-OH is 1. The third-order valence-electron chi connectivity index (χ3n) is 11.3. The van der Waals surface area contributed by atoms with Crippen LogP contribution in [0.25, 0.3) is 11.1 Å². The number of unbranched alkanes of at least 4 members (excludes halogenated alkanes) is 1. The van der Waals surface area contributed by atoms with Crippen molar-refractivity contribution in [2.45, 2.75) is 82.1 Å². The maximum absolute atomic E-state index is 13.3. The molecule has 4 aromatic rings. The number of nitrogens with zero attached hydrogens (tertiary/aromatic N) is 2. The molecule has 12 nitrogen and oxygen atoms in total. The van der Waals surface area contributed by atoms with Crippen LogP contribution in [-0.2, 0) is 37.0 Å². The Morgan fingerprint density at radius 3 is 2.25 bits per heavy atom. The molecule has 5 N–H and O–H groups in total. The summed E-state index contributed by atoms with van der Waals surface area (Å²) in [5, 5.41) is 24.4. The van der Waals surface area contributed by atoms with Gasteiger partial charge in [0.1, 0.15) is 5.54 Å². The molecule has 3 atom stereocenters. The van der Waals surface area contributed by atoms with Gasteiger partial charge in [0, 0.05) is 56.7 Å². The summed E-state index contributed by atoms with van der Waals surface area (Å²) in [4.78, 5) is 41.6. The van der Waals surface area contributed by atoms with Crippen molar-refractivity contribution in [1.82, 2.24) is 21.0 Å². The number of hydroxylamine groups is 1. The van der Waals surface area contributed by atoms with E-state index < -0.39 is 17.7 Å². The summed E-state index contributed by atoms with van der Waals surface area (Å²) in [6, 6.07) is 34.3. The first kappa shape index (κ1) is 39.1. The summed E-state index contributed by atoms with van der Waals surface area (Å²) in [5.41, 5.74) is 7.84. The fourth-order valence-electron chi connectivity index (χ4n) is 8.10. The largest absolute Gasteiger partial charge is 0.392 e. The Bertz CT molecular complexity index is 1950. The number of carbonyl (C=O) groups is 3. The highest BCUT2D eigenvalue weighted by Crippen LogP contribution is 2.41. The Hall–Kier alpha value is -5.11. The van der Waals surface area contributed by atoms with E-state index in [2.05, 4.69) is 50.8 Å². The van der Waals surface area contributed by atoms with E-state index >= 15 is 0 Å². The number of para-hydroxylation sites is 1. The van der Waals surface area contributed by atoms with Crippen LogP contribution in [0, 0.1) is 0 Å². The van der Waals surface area contributed by atoms with Gasteiger partial charge in [-0.2, -0.15) is 0 Å². The third-order valence-corrected chi connectivity index (χ3v) is 11.3. The fourth-order valence-corrected chi connectivity index (χ4v) is 8.10. The molecule has 3 amide bonds. The maximum Gasteiger partial charge on any atom is 0.247 e. The minimum absolute atomic E-state index is 0.0237. The van der Waals surface area contributed by atoms with Gasteiger partial charge in [0.05, 0.1) is 25.5 Å². The van der Waals surface area contributed by atoms with Gasteiger partial charge in [-0.25, -0.2) is 5.48 Å². The lowest BCUT2D eigenvalue weighted by atomic mass is 9.85. The predicted octanol–water partition coefficient (Wildman–Crippen LogP) is 5.50. The summed E-state index contributed by atoms with van der Waals surface area (Å²) in [7, 11) is 0. The van der Waals surface area contributed by atoms with Crippen LogP contribution >= 0.6 is 0 Å². The molecule has 294 valence electrons. The Morgan fingerprint density at radius 1 is 0.804 bits per heavy atom. The highest BCUT2D eigenvalue weighted by atomic mass is 16.7. The number of nitrogens with one attached hydrogen (secondary N) is 3. The van der Waals surface area contributed by atoms with Crippen LogP contribution in [0.5, 0.6) is 0 Å². The zero-order chi connectivity index (χ0) is 38.9. The number of hydrogen-bond acceptors (Lipinski definition) is 9. The number of rotatable bonds is 14. The maximum atomic E-state index is 13.3. The molecular formula is C44H51N5O7. The number of hydrogen-bond donors (Lipinski definition) is 5. The fraction of sp³-hybridized carbons (Fsp3) is 0.386. The second-order valence-electron chi connectivity index (χ2n) is 15.0. The Kier molecular flexibility index (Phi) is 12.7. The lowest BCUT2D eigenvalue weighted by molar-refractivity contribution is -0.253. The number of carbonyl (C=O) groups excluding carboxylic acids is 3. The van der Waals surface area contributed by atoms with Gasteiger partial charge in [0.15, 0.2) is 6.29 Å². The van der Waals surface area contributed by atoms with Crippen LogP contribution in [-0.4, -0.2) is 70.9 Å². The van der Waals surface area contributed by atoms with Crippen molar-refractivity contribution in [3.05, 3.63) is 125 Å². The first-order valence-corrected chi connectivity index (χ1v) is 19.6. The molecule has 0 aliphatic carbocycles. The average molecular weight is 762 g/mol. The second kappa shape index (κ2) is 18.2. The summed E-state index contributed by atoms with van der Waals surface area (Å²) >= 11 is 0. The molecule has 3 aliphatic heterocycles. The molecule has 0 aromatic heterocycles. The molecule has 0 saturated carbocycles. The monoisotopic (exact) mass is 761 g/mol. The van der Waals surface area contributed by atoms with E-state index in [1.807, 2.05) is 72.8 Å². The van der Waals surface area contributed by atoms with E-state index in [0.717, 1.165) is 65.0 Å². The van der Waals surface area contributed by atoms with Crippen LogP contribution in [0.2, 0.25) is 0 Å². The molecule has 3 aliphatic rings. The van der Waals surface area contributed by atoms with E-state index in [4.69, 9.17) is 14.7 Å². The lowest BCUT2D eigenvalue weighted by Crippen LogP contribution is -2.57. The van der Waals surface area contributed by atoms with Crippen molar-refractivity contribution in [3.63, 3.8) is 0 Å². The lowest BCUT2D eigenvalue weighted by Gasteiger charge is -2.45. The first-order valence-electron chi connectivity index (χ1n) is 19.6. The minimum Gasteiger partial charge on any atom is -0.392 e. The molecule has 7 rings (SSSR count). The molecule has 3 fully saturated rings. The highest BCUT2D eigenvalue weighted by Gasteiger charge is 2.50. The standard InChI is InChI=1S/C44H51N5O7/c50-29-31-16-18-33(19-17-31)39-26-38(28-48-22-20-44(21-23-48)43(53)46-30-49(44)37-12-2-1-3-13-37)55-42(56-39)36-11-7-10-35(25-36)34-9-6-8-32(24-34)27-45-40(51)14-4-5-15-41(52)47-54/h1-3,6-13,16-19,24-25,38-39,42,50,54H,4-5,14-15,20-23,26-30H2,(H,45,51)(H,46,53)(H,47,52)/t38-,39+,42+/m1/s1. The van der Waals surface area contributed by atoms with Crippen molar-refractivity contribution in [1.29, 1.82) is 0 Å². The van der Waals surface area contributed by atoms with Crippen molar-refractivity contribution in [2.75, 3.05) is 31.2 Å². The molecule has 0 bridgehead atoms. The van der Waals surface area contributed by atoms with Crippen molar-refractivity contribution >= 4 is 23.4 Å². The molecule has 3 saturated heterocycles. The number of piperidine rings is 1. The van der Waals surface area contributed by atoms with E-state index in [0.29, 0.717) is 45.4 Å². The molecule has 4 aromatic carbocycles. The Morgan fingerprint density at radius 2 is 1.52 bits per heavy atom. The molecule has 0 radical (unpaired) electrons. The topological polar surface area (TPSA) is 153 Å². The van der Waals surface area contributed by atoms with Gasteiger partial charge >= 0.3 is 0 Å². The molecule has 1 spiro atoms. The highest BCUT2D eigenvalue weighted by molar-refractivity contribution is 5.93. The SMILES string of the molecule is O=C(CCCCC(=O)NCc1cccc(-c2cccc([C@H]3O[C@@H](CN4CCC5(CC4)C(=O)NCN5c4ccccc4)C[C@@H](c4ccc(CO)cc4)O3)c2)c1)NO. The third kappa shape index (κ3) is 9.29. The van der Waals surface area contributed by atoms with Crippen LogP contribution in [0.4, 0.5) is 5.69 Å². The summed E-state index contributed by atoms with van der Waals surface area (Å²) < 4.78 is 13.5.